The van der Waals surface area contributed by atoms with Crippen LogP contribution < -0.4 is 0 Å². The molecule has 0 unspecified atom stereocenters. The van der Waals surface area contributed by atoms with E-state index in [9.17, 15) is 4.79 Å². The molecule has 0 spiro atoms. The smallest absolute Gasteiger partial charge is 0.338 e. The minimum absolute atomic E-state index is 0.268. The lowest BCUT2D eigenvalue weighted by Crippen LogP contribution is -2.01. The van der Waals surface area contributed by atoms with Crippen LogP contribution in [0.1, 0.15) is 27.2 Å². The molecule has 0 saturated carbocycles. The van der Waals surface area contributed by atoms with E-state index in [1.807, 2.05) is 25.1 Å². The van der Waals surface area contributed by atoms with Crippen LogP contribution in [0.15, 0.2) is 41.4 Å². The molecule has 2 rings (SSSR count). The minimum atomic E-state index is -0.931. The fraction of sp³-hybridized carbons (Fsp3) is 0.200. The molecule has 0 aliphatic rings. The summed E-state index contributed by atoms with van der Waals surface area (Å²) in [4.78, 5) is 16.0. The minimum Gasteiger partial charge on any atom is -0.478 e. The van der Waals surface area contributed by atoms with Crippen LogP contribution in [0.5, 0.6) is 0 Å². The molecule has 19 heavy (non-hydrogen) atoms. The number of thioether (sulfide) groups is 1. The van der Waals surface area contributed by atoms with Gasteiger partial charge in [-0.3, -0.25) is 4.98 Å². The van der Waals surface area contributed by atoms with Crippen LogP contribution >= 0.6 is 11.8 Å². The van der Waals surface area contributed by atoms with Crippen molar-refractivity contribution >= 4 is 17.7 Å². The van der Waals surface area contributed by atoms with Gasteiger partial charge in [-0.05, 0) is 31.0 Å². The highest BCUT2D eigenvalue weighted by Crippen LogP contribution is 2.27. The Balaban J connectivity index is 2.22. The van der Waals surface area contributed by atoms with Crippen molar-refractivity contribution in [2.75, 3.05) is 0 Å². The monoisotopic (exact) mass is 273 g/mol. The van der Waals surface area contributed by atoms with E-state index >= 15 is 0 Å². The maximum absolute atomic E-state index is 11.2. The van der Waals surface area contributed by atoms with Gasteiger partial charge in [0.15, 0.2) is 0 Å². The Morgan fingerprint density at radius 1 is 1.32 bits per heavy atom. The lowest BCUT2D eigenvalue weighted by atomic mass is 10.1. The molecule has 1 aromatic heterocycles. The van der Waals surface area contributed by atoms with E-state index in [0.29, 0.717) is 0 Å². The summed E-state index contributed by atoms with van der Waals surface area (Å²) < 4.78 is 0. The molecule has 0 bridgehead atoms. The van der Waals surface area contributed by atoms with Gasteiger partial charge in [0.1, 0.15) is 0 Å². The van der Waals surface area contributed by atoms with Crippen LogP contribution in [0.2, 0.25) is 0 Å². The normalized spacial score (nSPS) is 10.4. The second-order valence-electron chi connectivity index (χ2n) is 4.34. The van der Waals surface area contributed by atoms with E-state index in [1.54, 1.807) is 0 Å². The molecule has 0 fully saturated rings. The van der Waals surface area contributed by atoms with Gasteiger partial charge >= 0.3 is 5.97 Å². The average molecular weight is 273 g/mol. The number of carboxylic acid groups (broad SMARTS) is 1. The zero-order chi connectivity index (χ0) is 13.8. The molecule has 0 saturated heterocycles. The predicted octanol–water partition coefficient (Wildman–Crippen LogP) is 3.69. The molecule has 0 aliphatic heterocycles. The summed E-state index contributed by atoms with van der Waals surface area (Å²) in [5.74, 6) is -0.170. The van der Waals surface area contributed by atoms with Crippen LogP contribution in [-0.2, 0) is 5.75 Å². The van der Waals surface area contributed by atoms with Crippen molar-refractivity contribution in [3.05, 3.63) is 58.9 Å². The van der Waals surface area contributed by atoms with Crippen molar-refractivity contribution in [2.24, 2.45) is 0 Å². The fourth-order valence-electron chi connectivity index (χ4n) is 1.74. The van der Waals surface area contributed by atoms with Crippen molar-refractivity contribution in [2.45, 2.75) is 24.5 Å². The molecular formula is C15H15NO2S. The van der Waals surface area contributed by atoms with Gasteiger partial charge < -0.3 is 5.11 Å². The summed E-state index contributed by atoms with van der Waals surface area (Å²) >= 11 is 1.54. The number of nitrogens with zero attached hydrogens (tertiary/aromatic N) is 1. The van der Waals surface area contributed by atoms with E-state index in [0.717, 1.165) is 16.3 Å². The number of benzene rings is 1. The van der Waals surface area contributed by atoms with Crippen LogP contribution in [0.3, 0.4) is 0 Å². The van der Waals surface area contributed by atoms with E-state index in [4.69, 9.17) is 5.11 Å². The van der Waals surface area contributed by atoms with E-state index in [2.05, 4.69) is 24.0 Å². The molecule has 1 aromatic carbocycles. The van der Waals surface area contributed by atoms with Crippen LogP contribution in [0, 0.1) is 13.8 Å². The maximum Gasteiger partial charge on any atom is 0.338 e. The molecule has 0 aliphatic carbocycles. The van der Waals surface area contributed by atoms with Gasteiger partial charge in [-0.15, -0.1) is 11.8 Å². The number of carboxylic acids is 1. The molecule has 1 heterocycles. The molecule has 3 nitrogen and oxygen atoms in total. The van der Waals surface area contributed by atoms with Crippen molar-refractivity contribution in [3.8, 4) is 0 Å². The van der Waals surface area contributed by atoms with Gasteiger partial charge in [0, 0.05) is 22.5 Å². The number of hydrogen-bond donors (Lipinski definition) is 1. The Morgan fingerprint density at radius 2 is 2.05 bits per heavy atom. The summed E-state index contributed by atoms with van der Waals surface area (Å²) in [6, 6.07) is 9.95. The first-order valence-corrected chi connectivity index (χ1v) is 6.93. The first-order valence-electron chi connectivity index (χ1n) is 5.95. The third-order valence-electron chi connectivity index (χ3n) is 2.88. The van der Waals surface area contributed by atoms with E-state index in [-0.39, 0.29) is 5.56 Å². The number of aryl methyl sites for hydroxylation is 2. The first kappa shape index (κ1) is 13.6. The Bertz CT molecular complexity index is 611. The van der Waals surface area contributed by atoms with Crippen molar-refractivity contribution < 1.29 is 9.90 Å². The SMILES string of the molecule is Cc1cc(SCc2ccccc2C)c(C(=O)O)cn1. The molecule has 0 radical (unpaired) electrons. The van der Waals surface area contributed by atoms with Gasteiger partial charge in [0.2, 0.25) is 0 Å². The van der Waals surface area contributed by atoms with Crippen molar-refractivity contribution in [3.63, 3.8) is 0 Å². The molecule has 1 N–H and O–H groups in total. The highest BCUT2D eigenvalue weighted by Gasteiger charge is 2.11. The number of hydrogen-bond acceptors (Lipinski definition) is 3. The summed E-state index contributed by atoms with van der Waals surface area (Å²) in [6.07, 6.45) is 1.43. The van der Waals surface area contributed by atoms with E-state index < -0.39 is 5.97 Å². The molecule has 98 valence electrons. The van der Waals surface area contributed by atoms with Gasteiger partial charge in [0.25, 0.3) is 0 Å². The lowest BCUT2D eigenvalue weighted by molar-refractivity contribution is 0.0692. The number of carbonyl (C=O) groups is 1. The van der Waals surface area contributed by atoms with Crippen LogP contribution in [0.25, 0.3) is 0 Å². The van der Waals surface area contributed by atoms with Crippen LogP contribution in [0.4, 0.5) is 0 Å². The first-order chi connectivity index (χ1) is 9.08. The number of rotatable bonds is 4. The maximum atomic E-state index is 11.2. The molecular weight excluding hydrogens is 258 g/mol. The Hall–Kier alpha value is -1.81. The van der Waals surface area contributed by atoms with Crippen LogP contribution in [-0.4, -0.2) is 16.1 Å². The number of aromatic carboxylic acids is 1. The third-order valence-corrected chi connectivity index (χ3v) is 3.98. The highest BCUT2D eigenvalue weighted by molar-refractivity contribution is 7.98. The quantitative estimate of drug-likeness (QED) is 0.863. The van der Waals surface area contributed by atoms with Crippen molar-refractivity contribution in [1.29, 1.82) is 0 Å². The second kappa shape index (κ2) is 5.89. The topological polar surface area (TPSA) is 50.2 Å². The third kappa shape index (κ3) is 3.35. The predicted molar refractivity (Wildman–Crippen MR) is 76.7 cm³/mol. The van der Waals surface area contributed by atoms with Gasteiger partial charge in [0.05, 0.1) is 5.56 Å². The Kier molecular flexibility index (Phi) is 4.22. The van der Waals surface area contributed by atoms with Gasteiger partial charge in [-0.25, -0.2) is 4.79 Å². The zero-order valence-corrected chi connectivity index (χ0v) is 11.7. The van der Waals surface area contributed by atoms with E-state index in [1.165, 1.54) is 29.1 Å². The van der Waals surface area contributed by atoms with Crippen molar-refractivity contribution in [1.82, 2.24) is 4.98 Å². The summed E-state index contributed by atoms with van der Waals surface area (Å²) in [5, 5.41) is 9.15. The molecule has 4 heteroatoms. The summed E-state index contributed by atoms with van der Waals surface area (Å²) in [7, 11) is 0. The van der Waals surface area contributed by atoms with Gasteiger partial charge in [-0.1, -0.05) is 24.3 Å². The molecule has 0 amide bonds. The Labute approximate surface area is 116 Å². The average Bonchev–Trinajstić information content (AvgIpc) is 2.37. The molecule has 2 aromatic rings. The Morgan fingerprint density at radius 3 is 2.74 bits per heavy atom. The fourth-order valence-corrected chi connectivity index (χ4v) is 2.93. The molecule has 0 atom stereocenters. The zero-order valence-electron chi connectivity index (χ0n) is 10.9. The lowest BCUT2D eigenvalue weighted by Gasteiger charge is -2.08. The van der Waals surface area contributed by atoms with Gasteiger partial charge in [-0.2, -0.15) is 0 Å². The number of aromatic nitrogens is 1. The second-order valence-corrected chi connectivity index (χ2v) is 5.36. The standard InChI is InChI=1S/C15H15NO2S/c1-10-5-3-4-6-12(10)9-19-14-7-11(2)16-8-13(14)15(17)18/h3-8H,9H2,1-2H3,(H,17,18). The summed E-state index contributed by atoms with van der Waals surface area (Å²) in [6.45, 7) is 3.93. The number of pyridine rings is 1. The highest BCUT2D eigenvalue weighted by atomic mass is 32.2. The largest absolute Gasteiger partial charge is 0.478 e. The summed E-state index contributed by atoms with van der Waals surface area (Å²) in [5.41, 5.74) is 3.54.